The number of likely N-dealkylation sites (N-methyl/N-ethyl adjacent to an activating group) is 1. The SMILES string of the molecule is C[NH+](CCc1ccccc1)CC(=O)Nc1ccc(F)c(F)c1F. The van der Waals surface area contributed by atoms with E-state index in [9.17, 15) is 18.0 Å². The summed E-state index contributed by atoms with van der Waals surface area (Å²) in [5, 5.41) is 2.27. The van der Waals surface area contributed by atoms with Gasteiger partial charge < -0.3 is 10.2 Å². The van der Waals surface area contributed by atoms with Crippen molar-refractivity contribution in [3.63, 3.8) is 0 Å². The molecule has 0 heterocycles. The Kier molecular flexibility index (Phi) is 5.76. The highest BCUT2D eigenvalue weighted by atomic mass is 19.2. The Bertz CT molecular complexity index is 677. The third-order valence-electron chi connectivity index (χ3n) is 3.45. The van der Waals surface area contributed by atoms with E-state index in [1.807, 2.05) is 37.4 Å². The number of benzene rings is 2. The number of amides is 1. The number of hydrogen-bond acceptors (Lipinski definition) is 1. The van der Waals surface area contributed by atoms with Crippen molar-refractivity contribution >= 4 is 11.6 Å². The molecule has 0 spiro atoms. The van der Waals surface area contributed by atoms with Gasteiger partial charge in [0.25, 0.3) is 5.91 Å². The Balaban J connectivity index is 1.86. The Morgan fingerprint density at radius 3 is 2.43 bits per heavy atom. The Labute approximate surface area is 132 Å². The number of quaternary nitrogens is 1. The smallest absolute Gasteiger partial charge is 0.279 e. The van der Waals surface area contributed by atoms with Gasteiger partial charge in [-0.25, -0.2) is 13.2 Å². The molecule has 2 rings (SSSR count). The fourth-order valence-corrected chi connectivity index (χ4v) is 2.18. The first-order chi connectivity index (χ1) is 11.0. The molecule has 0 fully saturated rings. The lowest BCUT2D eigenvalue weighted by Gasteiger charge is -2.14. The van der Waals surface area contributed by atoms with Crippen molar-refractivity contribution in [2.75, 3.05) is 25.5 Å². The lowest BCUT2D eigenvalue weighted by Crippen LogP contribution is -3.10. The maximum Gasteiger partial charge on any atom is 0.279 e. The van der Waals surface area contributed by atoms with Crippen LogP contribution in [0.4, 0.5) is 18.9 Å². The van der Waals surface area contributed by atoms with Gasteiger partial charge >= 0.3 is 0 Å². The van der Waals surface area contributed by atoms with Gasteiger partial charge in [0, 0.05) is 6.42 Å². The molecule has 0 bridgehead atoms. The van der Waals surface area contributed by atoms with Crippen molar-refractivity contribution in [3.05, 3.63) is 65.5 Å². The second-order valence-electron chi connectivity index (χ2n) is 5.39. The third kappa shape index (κ3) is 4.82. The molecule has 122 valence electrons. The summed E-state index contributed by atoms with van der Waals surface area (Å²) in [4.78, 5) is 12.8. The van der Waals surface area contributed by atoms with Gasteiger partial charge in [0.2, 0.25) is 0 Å². The van der Waals surface area contributed by atoms with Crippen molar-refractivity contribution in [1.82, 2.24) is 0 Å². The summed E-state index contributed by atoms with van der Waals surface area (Å²) in [6.07, 6.45) is 0.805. The molecule has 3 nitrogen and oxygen atoms in total. The van der Waals surface area contributed by atoms with Crippen LogP contribution in [0.25, 0.3) is 0 Å². The van der Waals surface area contributed by atoms with Crippen molar-refractivity contribution in [2.45, 2.75) is 6.42 Å². The second-order valence-corrected chi connectivity index (χ2v) is 5.39. The molecule has 2 aromatic rings. The Hall–Kier alpha value is -2.34. The van der Waals surface area contributed by atoms with Crippen molar-refractivity contribution in [2.24, 2.45) is 0 Å². The lowest BCUT2D eigenvalue weighted by atomic mass is 10.1. The maximum atomic E-state index is 13.5. The normalized spacial score (nSPS) is 12.0. The first-order valence-electron chi connectivity index (χ1n) is 7.26. The van der Waals surface area contributed by atoms with Gasteiger partial charge in [-0.1, -0.05) is 30.3 Å². The first kappa shape index (κ1) is 17.0. The molecule has 0 saturated heterocycles. The molecule has 2 aromatic carbocycles. The van der Waals surface area contributed by atoms with E-state index in [0.717, 1.165) is 30.0 Å². The third-order valence-corrected chi connectivity index (χ3v) is 3.45. The molecule has 23 heavy (non-hydrogen) atoms. The van der Waals surface area contributed by atoms with Crippen molar-refractivity contribution in [1.29, 1.82) is 0 Å². The summed E-state index contributed by atoms with van der Waals surface area (Å²) in [5.41, 5.74) is 0.809. The quantitative estimate of drug-likeness (QED) is 0.781. The molecule has 0 aliphatic rings. The number of hydrogen-bond donors (Lipinski definition) is 2. The molecule has 0 saturated carbocycles. The van der Waals surface area contributed by atoms with Crippen LogP contribution in [-0.4, -0.2) is 26.0 Å². The number of carbonyl (C=O) groups is 1. The fourth-order valence-electron chi connectivity index (χ4n) is 2.18. The topological polar surface area (TPSA) is 33.5 Å². The number of nitrogens with one attached hydrogen (secondary N) is 2. The molecule has 0 aliphatic heterocycles. The van der Waals surface area contributed by atoms with Crippen LogP contribution in [0.1, 0.15) is 5.56 Å². The van der Waals surface area contributed by atoms with Crippen LogP contribution in [0.15, 0.2) is 42.5 Å². The minimum atomic E-state index is -1.59. The minimum absolute atomic E-state index is 0.102. The minimum Gasteiger partial charge on any atom is -0.329 e. The van der Waals surface area contributed by atoms with E-state index >= 15 is 0 Å². The van der Waals surface area contributed by atoms with Crippen molar-refractivity contribution in [3.8, 4) is 0 Å². The second kappa shape index (κ2) is 7.78. The van der Waals surface area contributed by atoms with Crippen molar-refractivity contribution < 1.29 is 22.9 Å². The van der Waals surface area contributed by atoms with E-state index in [0.29, 0.717) is 0 Å². The zero-order valence-corrected chi connectivity index (χ0v) is 12.7. The van der Waals surface area contributed by atoms with E-state index in [-0.39, 0.29) is 12.2 Å². The van der Waals surface area contributed by atoms with E-state index in [1.165, 1.54) is 5.56 Å². The lowest BCUT2D eigenvalue weighted by molar-refractivity contribution is -0.870. The average Bonchev–Trinajstić information content (AvgIpc) is 2.54. The Morgan fingerprint density at radius 1 is 1.04 bits per heavy atom. The molecule has 0 radical (unpaired) electrons. The van der Waals surface area contributed by atoms with Gasteiger partial charge in [-0.3, -0.25) is 4.79 Å². The summed E-state index contributed by atoms with van der Waals surface area (Å²) in [6, 6.07) is 11.6. The molecule has 1 amide bonds. The largest absolute Gasteiger partial charge is 0.329 e. The van der Waals surface area contributed by atoms with Crippen LogP contribution in [0.3, 0.4) is 0 Å². The molecule has 6 heteroatoms. The number of anilines is 1. The van der Waals surface area contributed by atoms with Crippen LogP contribution in [0, 0.1) is 17.5 Å². The zero-order valence-electron chi connectivity index (χ0n) is 12.7. The van der Waals surface area contributed by atoms with Crippen LogP contribution < -0.4 is 10.2 Å². The van der Waals surface area contributed by atoms with Crippen LogP contribution in [0.2, 0.25) is 0 Å². The van der Waals surface area contributed by atoms with Crippen LogP contribution >= 0.6 is 0 Å². The molecule has 0 aromatic heterocycles. The molecule has 0 aliphatic carbocycles. The molecular formula is C17H18F3N2O+. The summed E-state index contributed by atoms with van der Waals surface area (Å²) in [5.74, 6) is -4.72. The predicted molar refractivity (Wildman–Crippen MR) is 81.7 cm³/mol. The highest BCUT2D eigenvalue weighted by Crippen LogP contribution is 2.19. The number of halogens is 3. The van der Waals surface area contributed by atoms with E-state index in [2.05, 4.69) is 5.32 Å². The van der Waals surface area contributed by atoms with Gasteiger partial charge in [-0.2, -0.15) is 0 Å². The van der Waals surface area contributed by atoms with E-state index in [4.69, 9.17) is 0 Å². The van der Waals surface area contributed by atoms with Gasteiger partial charge in [-0.05, 0) is 17.7 Å². The monoisotopic (exact) mass is 323 g/mol. The molecule has 1 unspecified atom stereocenters. The van der Waals surface area contributed by atoms with Crippen LogP contribution in [-0.2, 0) is 11.2 Å². The van der Waals surface area contributed by atoms with E-state index < -0.39 is 23.4 Å². The fraction of sp³-hybridized carbons (Fsp3) is 0.235. The Morgan fingerprint density at radius 2 is 1.74 bits per heavy atom. The summed E-state index contributed by atoms with van der Waals surface area (Å²) >= 11 is 0. The maximum absolute atomic E-state index is 13.5. The summed E-state index contributed by atoms with van der Waals surface area (Å²) in [7, 11) is 1.84. The molecule has 2 N–H and O–H groups in total. The van der Waals surface area contributed by atoms with Gasteiger partial charge in [0.15, 0.2) is 24.0 Å². The number of carbonyl (C=O) groups excluding carboxylic acids is 1. The summed E-state index contributed by atoms with van der Waals surface area (Å²) < 4.78 is 39.4. The van der Waals surface area contributed by atoms with E-state index in [1.54, 1.807) is 0 Å². The first-order valence-corrected chi connectivity index (χ1v) is 7.26. The zero-order chi connectivity index (χ0) is 16.8. The van der Waals surface area contributed by atoms with Gasteiger partial charge in [0.05, 0.1) is 19.3 Å². The number of rotatable bonds is 6. The standard InChI is InChI=1S/C17H17F3N2O/c1-22(10-9-12-5-3-2-4-6-12)11-15(23)21-14-8-7-13(18)16(19)17(14)20/h2-8H,9-11H2,1H3,(H,21,23)/p+1. The van der Waals surface area contributed by atoms with Crippen LogP contribution in [0.5, 0.6) is 0 Å². The average molecular weight is 323 g/mol. The molecule has 1 atom stereocenters. The summed E-state index contributed by atoms with van der Waals surface area (Å²) in [6.45, 7) is 0.822. The highest BCUT2D eigenvalue weighted by molar-refractivity contribution is 5.91. The van der Waals surface area contributed by atoms with Gasteiger partial charge in [-0.15, -0.1) is 0 Å². The van der Waals surface area contributed by atoms with Gasteiger partial charge in [0.1, 0.15) is 0 Å². The molecular weight excluding hydrogens is 305 g/mol. The predicted octanol–water partition coefficient (Wildman–Crippen LogP) is 1.80. The highest BCUT2D eigenvalue weighted by Gasteiger charge is 2.17.